The third kappa shape index (κ3) is 3.20. The van der Waals surface area contributed by atoms with Crippen LogP contribution in [0.25, 0.3) is 0 Å². The molecule has 1 aromatic rings. The summed E-state index contributed by atoms with van der Waals surface area (Å²) in [5, 5.41) is 8.41. The summed E-state index contributed by atoms with van der Waals surface area (Å²) in [5.74, 6) is -0.587. The van der Waals surface area contributed by atoms with Gasteiger partial charge in [0.1, 0.15) is 0 Å². The number of sulfone groups is 1. The van der Waals surface area contributed by atoms with Crippen LogP contribution in [0.3, 0.4) is 0 Å². The summed E-state index contributed by atoms with van der Waals surface area (Å²) in [6.45, 7) is 3.34. The van der Waals surface area contributed by atoms with Crippen molar-refractivity contribution in [3.8, 4) is 0 Å². The van der Waals surface area contributed by atoms with Crippen molar-refractivity contribution < 1.29 is 18.3 Å². The monoisotopic (exact) mass is 296 g/mol. The van der Waals surface area contributed by atoms with E-state index in [1.807, 2.05) is 12.1 Å². The van der Waals surface area contributed by atoms with E-state index in [2.05, 4.69) is 0 Å². The van der Waals surface area contributed by atoms with Crippen LogP contribution in [0.2, 0.25) is 0 Å². The Hall–Kier alpha value is -1.36. The predicted octanol–water partition coefficient (Wildman–Crippen LogP) is 2.52. The van der Waals surface area contributed by atoms with Crippen molar-refractivity contribution in [2.75, 3.05) is 0 Å². The van der Waals surface area contributed by atoms with E-state index >= 15 is 0 Å². The molecule has 1 aliphatic rings. The Morgan fingerprint density at radius 2 is 1.90 bits per heavy atom. The number of hydrogen-bond acceptors (Lipinski definition) is 3. The van der Waals surface area contributed by atoms with E-state index in [1.54, 1.807) is 26.0 Å². The van der Waals surface area contributed by atoms with E-state index in [9.17, 15) is 13.2 Å². The van der Waals surface area contributed by atoms with Crippen LogP contribution >= 0.6 is 0 Å². The van der Waals surface area contributed by atoms with E-state index in [-0.39, 0.29) is 11.8 Å². The van der Waals surface area contributed by atoms with Gasteiger partial charge in [-0.25, -0.2) is 8.42 Å². The topological polar surface area (TPSA) is 71.4 Å². The summed E-state index contributed by atoms with van der Waals surface area (Å²) in [6.07, 6.45) is 2.43. The lowest BCUT2D eigenvalue weighted by Crippen LogP contribution is -2.13. The standard InChI is InChI=1S/C15H20O4S/c1-10(2)20(18,19)13-7-4-11(5-8-13)3-6-12-9-14(12)15(16)17/h4-5,7-8,10,12,14H,3,6,9H2,1-2H3,(H,16,17). The van der Waals surface area contributed by atoms with Crippen LogP contribution in [0.15, 0.2) is 29.2 Å². The smallest absolute Gasteiger partial charge is 0.306 e. The average Bonchev–Trinajstić information content (AvgIpc) is 3.16. The van der Waals surface area contributed by atoms with Crippen molar-refractivity contribution in [3.63, 3.8) is 0 Å². The van der Waals surface area contributed by atoms with Crippen molar-refractivity contribution >= 4 is 15.8 Å². The van der Waals surface area contributed by atoms with Gasteiger partial charge in [-0.05, 0) is 56.7 Å². The third-order valence-corrected chi connectivity index (χ3v) is 6.09. The number of hydrogen-bond donors (Lipinski definition) is 1. The molecular weight excluding hydrogens is 276 g/mol. The second-order valence-electron chi connectivity index (χ2n) is 5.72. The van der Waals surface area contributed by atoms with Crippen LogP contribution < -0.4 is 0 Å². The fraction of sp³-hybridized carbons (Fsp3) is 0.533. The number of aliphatic carboxylic acids is 1. The molecule has 1 N–H and O–H groups in total. The lowest BCUT2D eigenvalue weighted by Gasteiger charge is -2.08. The molecule has 0 bridgehead atoms. The zero-order valence-electron chi connectivity index (χ0n) is 11.7. The highest BCUT2D eigenvalue weighted by molar-refractivity contribution is 7.92. The Kier molecular flexibility index (Phi) is 4.18. The molecule has 0 spiro atoms. The molecule has 2 atom stereocenters. The van der Waals surface area contributed by atoms with Gasteiger partial charge in [-0.1, -0.05) is 12.1 Å². The normalized spacial score (nSPS) is 21.9. The van der Waals surface area contributed by atoms with Gasteiger partial charge < -0.3 is 5.11 Å². The summed E-state index contributed by atoms with van der Waals surface area (Å²) in [6, 6.07) is 6.94. The Bertz CT molecular complexity index is 587. The van der Waals surface area contributed by atoms with Crippen LogP contribution in [-0.4, -0.2) is 24.7 Å². The van der Waals surface area contributed by atoms with Crippen molar-refractivity contribution in [2.45, 2.75) is 43.3 Å². The second kappa shape index (κ2) is 5.56. The summed E-state index contributed by atoms with van der Waals surface area (Å²) < 4.78 is 23.9. The van der Waals surface area contributed by atoms with Crippen LogP contribution in [0, 0.1) is 11.8 Å². The molecule has 0 radical (unpaired) electrons. The summed E-state index contributed by atoms with van der Waals surface area (Å²) >= 11 is 0. The zero-order valence-corrected chi connectivity index (χ0v) is 12.6. The highest BCUT2D eigenvalue weighted by Crippen LogP contribution is 2.42. The SMILES string of the molecule is CC(C)S(=O)(=O)c1ccc(CCC2CC2C(=O)O)cc1. The Balaban J connectivity index is 1.94. The minimum absolute atomic E-state index is 0.171. The van der Waals surface area contributed by atoms with Crippen molar-refractivity contribution in [2.24, 2.45) is 11.8 Å². The molecule has 1 fully saturated rings. The molecule has 2 unspecified atom stereocenters. The maximum atomic E-state index is 12.0. The molecular formula is C15H20O4S. The molecule has 110 valence electrons. The van der Waals surface area contributed by atoms with Gasteiger partial charge >= 0.3 is 5.97 Å². The van der Waals surface area contributed by atoms with Crippen molar-refractivity contribution in [1.29, 1.82) is 0 Å². The van der Waals surface area contributed by atoms with Gasteiger partial charge in [-0.2, -0.15) is 0 Å². The maximum Gasteiger partial charge on any atom is 0.306 e. The minimum atomic E-state index is -3.21. The van der Waals surface area contributed by atoms with Crippen molar-refractivity contribution in [1.82, 2.24) is 0 Å². The van der Waals surface area contributed by atoms with E-state index in [1.165, 1.54) is 0 Å². The number of carbonyl (C=O) groups is 1. The first-order valence-corrected chi connectivity index (χ1v) is 8.42. The van der Waals surface area contributed by atoms with Crippen molar-refractivity contribution in [3.05, 3.63) is 29.8 Å². The molecule has 20 heavy (non-hydrogen) atoms. The van der Waals surface area contributed by atoms with E-state index in [4.69, 9.17) is 5.11 Å². The van der Waals surface area contributed by atoms with Crippen LogP contribution in [-0.2, 0) is 21.1 Å². The van der Waals surface area contributed by atoms with Gasteiger partial charge in [0, 0.05) is 0 Å². The predicted molar refractivity (Wildman–Crippen MR) is 76.3 cm³/mol. The molecule has 0 saturated heterocycles. The highest BCUT2D eigenvalue weighted by atomic mass is 32.2. The molecule has 0 amide bonds. The minimum Gasteiger partial charge on any atom is -0.481 e. The molecule has 1 aromatic carbocycles. The lowest BCUT2D eigenvalue weighted by molar-refractivity contribution is -0.138. The largest absolute Gasteiger partial charge is 0.481 e. The third-order valence-electron chi connectivity index (χ3n) is 3.92. The summed E-state index contributed by atoms with van der Waals surface area (Å²) in [7, 11) is -3.21. The molecule has 0 aliphatic heterocycles. The molecule has 0 aromatic heterocycles. The lowest BCUT2D eigenvalue weighted by atomic mass is 10.1. The fourth-order valence-electron chi connectivity index (χ4n) is 2.34. The molecule has 4 nitrogen and oxygen atoms in total. The first-order valence-electron chi connectivity index (χ1n) is 6.88. The van der Waals surface area contributed by atoms with E-state index in [0.29, 0.717) is 4.90 Å². The number of rotatable bonds is 6. The second-order valence-corrected chi connectivity index (χ2v) is 8.22. The zero-order chi connectivity index (χ0) is 14.9. The number of carboxylic acid groups (broad SMARTS) is 1. The Morgan fingerprint density at radius 1 is 1.30 bits per heavy atom. The quantitative estimate of drug-likeness (QED) is 0.875. The number of carboxylic acids is 1. The highest BCUT2D eigenvalue weighted by Gasteiger charge is 2.42. The van der Waals surface area contributed by atoms with Gasteiger partial charge in [0.2, 0.25) is 0 Å². The summed E-state index contributed by atoms with van der Waals surface area (Å²) in [5.41, 5.74) is 1.06. The first-order chi connectivity index (χ1) is 9.32. The van der Waals surface area contributed by atoms with Crippen LogP contribution in [0.4, 0.5) is 0 Å². The molecule has 0 heterocycles. The van der Waals surface area contributed by atoms with Gasteiger partial charge in [0.25, 0.3) is 0 Å². The van der Waals surface area contributed by atoms with Gasteiger partial charge in [0.15, 0.2) is 9.84 Å². The molecule has 1 aliphatic carbocycles. The van der Waals surface area contributed by atoms with Gasteiger partial charge in [-0.15, -0.1) is 0 Å². The van der Waals surface area contributed by atoms with Gasteiger partial charge in [-0.3, -0.25) is 4.79 Å². The average molecular weight is 296 g/mol. The summed E-state index contributed by atoms with van der Waals surface area (Å²) in [4.78, 5) is 11.1. The first kappa shape index (κ1) is 15.0. The Morgan fingerprint density at radius 3 is 2.35 bits per heavy atom. The fourth-order valence-corrected chi connectivity index (χ4v) is 3.40. The van der Waals surface area contributed by atoms with Crippen LogP contribution in [0.5, 0.6) is 0 Å². The van der Waals surface area contributed by atoms with Gasteiger partial charge in [0.05, 0.1) is 16.1 Å². The molecule has 2 rings (SSSR count). The number of benzene rings is 1. The Labute approximate surface area is 119 Å². The van der Waals surface area contributed by atoms with Crippen LogP contribution in [0.1, 0.15) is 32.3 Å². The number of aryl methyl sites for hydroxylation is 1. The van der Waals surface area contributed by atoms with E-state index in [0.717, 1.165) is 24.8 Å². The molecule has 1 saturated carbocycles. The molecule has 5 heteroatoms. The van der Waals surface area contributed by atoms with E-state index < -0.39 is 21.1 Å². The maximum absolute atomic E-state index is 12.0.